The molecule has 0 N–H and O–H groups in total. The molecule has 5 nitrogen and oxygen atoms in total. The Morgan fingerprint density at radius 2 is 1.79 bits per heavy atom. The predicted molar refractivity (Wildman–Crippen MR) is 78.2 cm³/mol. The highest BCUT2D eigenvalue weighted by molar-refractivity contribution is 9.10. The summed E-state index contributed by atoms with van der Waals surface area (Å²) in [5, 5.41) is 9.07. The minimum absolute atomic E-state index is 0.709. The van der Waals surface area contributed by atoms with Gasteiger partial charge in [-0.25, -0.2) is 9.67 Å². The van der Waals surface area contributed by atoms with Crippen LogP contribution < -0.4 is 0 Å². The highest BCUT2D eigenvalue weighted by Gasteiger charge is 2.15. The van der Waals surface area contributed by atoms with Crippen LogP contribution in [0.5, 0.6) is 0 Å². The van der Waals surface area contributed by atoms with Gasteiger partial charge in [-0.3, -0.25) is 4.68 Å². The van der Waals surface area contributed by atoms with Crippen molar-refractivity contribution < 1.29 is 0 Å². The van der Waals surface area contributed by atoms with Gasteiger partial charge in [-0.1, -0.05) is 20.8 Å². The highest BCUT2D eigenvalue weighted by atomic mass is 79.9. The van der Waals surface area contributed by atoms with E-state index < -0.39 is 0 Å². The summed E-state index contributed by atoms with van der Waals surface area (Å²) >= 11 is 3.65. The minimum atomic E-state index is 0.709. The molecular weight excluding hydrogens is 306 g/mol. The maximum atomic E-state index is 4.56. The van der Waals surface area contributed by atoms with Crippen molar-refractivity contribution in [2.75, 3.05) is 0 Å². The van der Waals surface area contributed by atoms with Crippen LogP contribution in [0, 0.1) is 0 Å². The maximum absolute atomic E-state index is 4.56. The molecule has 0 unspecified atom stereocenters. The second kappa shape index (κ2) is 5.86. The molecule has 0 aromatic carbocycles. The van der Waals surface area contributed by atoms with E-state index in [1.165, 1.54) is 0 Å². The molecule has 0 fully saturated rings. The Balaban J connectivity index is 2.35. The van der Waals surface area contributed by atoms with Crippen molar-refractivity contribution in [1.82, 2.24) is 24.5 Å². The zero-order chi connectivity index (χ0) is 14.0. The summed E-state index contributed by atoms with van der Waals surface area (Å²) in [7, 11) is 1.97. The summed E-state index contributed by atoms with van der Waals surface area (Å²) in [6.07, 6.45) is 2.68. The van der Waals surface area contributed by atoms with Crippen molar-refractivity contribution in [3.63, 3.8) is 0 Å². The largest absolute Gasteiger partial charge is 0.269 e. The van der Waals surface area contributed by atoms with E-state index in [0.29, 0.717) is 6.54 Å². The van der Waals surface area contributed by atoms with Gasteiger partial charge in [0.2, 0.25) is 0 Å². The van der Waals surface area contributed by atoms with Gasteiger partial charge in [-0.2, -0.15) is 10.2 Å². The average Bonchev–Trinajstić information content (AvgIpc) is 2.94. The first-order valence-electron chi connectivity index (χ1n) is 6.73. The molecule has 2 aromatic heterocycles. The van der Waals surface area contributed by atoms with Crippen LogP contribution in [0.25, 0.3) is 0 Å². The molecule has 19 heavy (non-hydrogen) atoms. The zero-order valence-electron chi connectivity index (χ0n) is 11.9. The number of aromatic nitrogens is 5. The summed E-state index contributed by atoms with van der Waals surface area (Å²) in [6, 6.07) is 0. The summed E-state index contributed by atoms with van der Waals surface area (Å²) in [4.78, 5) is 4.54. The average molecular weight is 326 g/mol. The molecule has 2 heterocycles. The van der Waals surface area contributed by atoms with Crippen LogP contribution in [-0.4, -0.2) is 24.5 Å². The molecule has 0 aliphatic rings. The van der Waals surface area contributed by atoms with Gasteiger partial charge in [-0.15, -0.1) is 0 Å². The molecule has 0 spiro atoms. The van der Waals surface area contributed by atoms with Crippen molar-refractivity contribution in [3.8, 4) is 0 Å². The Labute approximate surface area is 122 Å². The topological polar surface area (TPSA) is 48.5 Å². The van der Waals surface area contributed by atoms with E-state index in [0.717, 1.165) is 46.8 Å². The van der Waals surface area contributed by atoms with E-state index in [9.17, 15) is 0 Å². The molecule has 2 aromatic rings. The first-order valence-corrected chi connectivity index (χ1v) is 7.52. The lowest BCUT2D eigenvalue weighted by Crippen LogP contribution is -2.10. The molecule has 0 atom stereocenters. The fourth-order valence-electron chi connectivity index (χ4n) is 2.10. The molecule has 0 amide bonds. The van der Waals surface area contributed by atoms with Crippen LogP contribution in [0.2, 0.25) is 0 Å². The fraction of sp³-hybridized carbons (Fsp3) is 0.615. The van der Waals surface area contributed by atoms with Crippen LogP contribution in [-0.2, 0) is 32.9 Å². The summed E-state index contributed by atoms with van der Waals surface area (Å²) in [5.74, 6) is 1.94. The predicted octanol–water partition coefficient (Wildman–Crippen LogP) is 2.51. The number of hydrogen-bond donors (Lipinski definition) is 0. The molecule has 0 aliphatic carbocycles. The van der Waals surface area contributed by atoms with Gasteiger partial charge >= 0.3 is 0 Å². The Morgan fingerprint density at radius 1 is 1.05 bits per heavy atom. The second-order valence-electron chi connectivity index (χ2n) is 4.49. The summed E-state index contributed by atoms with van der Waals surface area (Å²) in [5.41, 5.74) is 2.23. The van der Waals surface area contributed by atoms with E-state index in [4.69, 9.17) is 0 Å². The minimum Gasteiger partial charge on any atom is -0.269 e. The monoisotopic (exact) mass is 325 g/mol. The number of rotatable bonds is 5. The first kappa shape index (κ1) is 14.2. The highest BCUT2D eigenvalue weighted by Crippen LogP contribution is 2.22. The van der Waals surface area contributed by atoms with Crippen LogP contribution in [0.4, 0.5) is 0 Å². The van der Waals surface area contributed by atoms with E-state index in [-0.39, 0.29) is 0 Å². The number of hydrogen-bond acceptors (Lipinski definition) is 3. The fourth-order valence-corrected chi connectivity index (χ4v) is 2.84. The van der Waals surface area contributed by atoms with Crippen LogP contribution in [0.15, 0.2) is 4.47 Å². The smallest absolute Gasteiger partial charge is 0.150 e. The molecular formula is C13H20BrN5. The normalized spacial score (nSPS) is 11.2. The lowest BCUT2D eigenvalue weighted by atomic mass is 10.3. The third-order valence-electron chi connectivity index (χ3n) is 3.23. The van der Waals surface area contributed by atoms with Crippen molar-refractivity contribution in [2.24, 2.45) is 7.05 Å². The molecule has 0 aliphatic heterocycles. The Kier molecular flexibility index (Phi) is 4.39. The molecule has 2 rings (SSSR count). The van der Waals surface area contributed by atoms with Crippen molar-refractivity contribution in [1.29, 1.82) is 0 Å². The van der Waals surface area contributed by atoms with E-state index >= 15 is 0 Å². The first-order chi connectivity index (χ1) is 9.10. The van der Waals surface area contributed by atoms with Gasteiger partial charge in [0.1, 0.15) is 5.82 Å². The Hall–Kier alpha value is -1.17. The van der Waals surface area contributed by atoms with Gasteiger partial charge in [0.15, 0.2) is 5.82 Å². The van der Waals surface area contributed by atoms with Crippen LogP contribution >= 0.6 is 15.9 Å². The Morgan fingerprint density at radius 3 is 2.32 bits per heavy atom. The lowest BCUT2D eigenvalue weighted by Gasteiger charge is -2.05. The molecule has 0 bridgehead atoms. The number of nitrogens with zero attached hydrogens (tertiary/aromatic N) is 5. The molecule has 104 valence electrons. The van der Waals surface area contributed by atoms with Crippen molar-refractivity contribution >= 4 is 15.9 Å². The van der Waals surface area contributed by atoms with Crippen molar-refractivity contribution in [2.45, 2.75) is 46.6 Å². The third kappa shape index (κ3) is 2.73. The van der Waals surface area contributed by atoms with Crippen molar-refractivity contribution in [3.05, 3.63) is 27.5 Å². The van der Waals surface area contributed by atoms with E-state index in [1.54, 1.807) is 0 Å². The lowest BCUT2D eigenvalue weighted by molar-refractivity contribution is 0.589. The molecule has 0 saturated heterocycles. The molecule has 0 radical (unpaired) electrons. The van der Waals surface area contributed by atoms with Gasteiger partial charge in [0.25, 0.3) is 0 Å². The van der Waals surface area contributed by atoms with E-state index in [1.807, 2.05) is 16.4 Å². The number of halogens is 1. The van der Waals surface area contributed by atoms with Gasteiger partial charge in [0.05, 0.1) is 22.4 Å². The zero-order valence-corrected chi connectivity index (χ0v) is 13.5. The van der Waals surface area contributed by atoms with Gasteiger partial charge < -0.3 is 0 Å². The molecule has 6 heteroatoms. The number of aryl methyl sites for hydroxylation is 4. The maximum Gasteiger partial charge on any atom is 0.150 e. The summed E-state index contributed by atoms with van der Waals surface area (Å²) in [6.45, 7) is 7.00. The van der Waals surface area contributed by atoms with E-state index in [2.05, 4.69) is 51.9 Å². The Bertz CT molecular complexity index is 570. The standard InChI is InChI=1S/C13H20BrN5/c1-5-9-13(14)10(18(4)16-9)8-19-12(7-3)15-11(6-2)17-19/h5-8H2,1-4H3. The SMILES string of the molecule is CCc1nc(CC)n(Cc2c(Br)c(CC)nn2C)n1. The third-order valence-corrected chi connectivity index (χ3v) is 4.14. The van der Waals surface area contributed by atoms with Gasteiger partial charge in [-0.05, 0) is 22.4 Å². The van der Waals surface area contributed by atoms with Crippen LogP contribution in [0.3, 0.4) is 0 Å². The quantitative estimate of drug-likeness (QED) is 0.848. The molecule has 0 saturated carbocycles. The van der Waals surface area contributed by atoms with Crippen LogP contribution in [0.1, 0.15) is 43.8 Å². The summed E-state index contributed by atoms with van der Waals surface area (Å²) < 4.78 is 5.00. The van der Waals surface area contributed by atoms with Gasteiger partial charge in [0, 0.05) is 19.9 Å². The second-order valence-corrected chi connectivity index (χ2v) is 5.29.